The summed E-state index contributed by atoms with van der Waals surface area (Å²) in [7, 11) is 2.14. The van der Waals surface area contributed by atoms with Crippen molar-refractivity contribution < 1.29 is 13.3 Å². The van der Waals surface area contributed by atoms with E-state index in [-0.39, 0.29) is 0 Å². The van der Waals surface area contributed by atoms with E-state index in [1.807, 2.05) is 12.2 Å². The normalized spacial score (nSPS) is 12.0. The number of aromatic amines is 1. The van der Waals surface area contributed by atoms with Crippen molar-refractivity contribution in [3.05, 3.63) is 39.1 Å². The Kier molecular flexibility index (Phi) is 8.40. The monoisotopic (exact) mass is 391 g/mol. The maximum absolute atomic E-state index is 5.45. The van der Waals surface area contributed by atoms with Crippen LogP contribution in [0.15, 0.2) is 24.8 Å². The predicted octanol–water partition coefficient (Wildman–Crippen LogP) is 3.43. The molecule has 0 amide bonds. The van der Waals surface area contributed by atoms with Crippen LogP contribution in [0, 0.1) is 14.3 Å². The lowest BCUT2D eigenvalue weighted by Crippen LogP contribution is -2.42. The van der Waals surface area contributed by atoms with Crippen molar-refractivity contribution in [2.75, 3.05) is 21.3 Å². The first-order valence-corrected chi connectivity index (χ1v) is 9.95. The molecule has 0 saturated carbocycles. The van der Waals surface area contributed by atoms with Gasteiger partial charge in [-0.05, 0) is 36.7 Å². The van der Waals surface area contributed by atoms with Crippen LogP contribution in [0.3, 0.4) is 0 Å². The van der Waals surface area contributed by atoms with Crippen LogP contribution in [0.25, 0.3) is 0 Å². The predicted molar refractivity (Wildman–Crippen MR) is 100 cm³/mol. The summed E-state index contributed by atoms with van der Waals surface area (Å²) in [5.41, 5.74) is 0. The number of hydrogen-bond acceptors (Lipinski definition) is 6. The molecule has 1 heterocycles. The molecular weight excluding hydrogens is 370 g/mol. The fourth-order valence-corrected chi connectivity index (χ4v) is 4.39. The van der Waals surface area contributed by atoms with Gasteiger partial charge in [0, 0.05) is 40.5 Å². The highest BCUT2D eigenvalue weighted by Gasteiger charge is 2.35. The number of H-pyrrole nitrogens is 1. The number of nitrogens with zero attached hydrogens (tertiary/aromatic N) is 2. The molecule has 6 nitrogen and oxygen atoms in total. The Bertz CT molecular complexity index is 726. The highest BCUT2D eigenvalue weighted by atomic mass is 32.1. The van der Waals surface area contributed by atoms with Crippen LogP contribution in [-0.2, 0) is 26.4 Å². The van der Waals surface area contributed by atoms with Crippen LogP contribution in [0.2, 0.25) is 6.04 Å². The fourth-order valence-electron chi connectivity index (χ4n) is 1.90. The second-order valence-corrected chi connectivity index (χ2v) is 8.64. The van der Waals surface area contributed by atoms with Crippen molar-refractivity contribution >= 4 is 45.5 Å². The SMILES string of the molecule is C=CCn1c(=S)[nH]c(=S)n(CC=CC[Si](OC)(OC)OC)c1=S. The van der Waals surface area contributed by atoms with Gasteiger partial charge in [0.25, 0.3) is 0 Å². The molecule has 0 aliphatic carbocycles. The van der Waals surface area contributed by atoms with Crippen molar-refractivity contribution in [2.45, 2.75) is 19.1 Å². The molecule has 0 aliphatic rings. The Balaban J connectivity index is 2.98. The van der Waals surface area contributed by atoms with E-state index in [9.17, 15) is 0 Å². The first-order valence-electron chi connectivity index (χ1n) is 6.80. The Morgan fingerprint density at radius 1 is 1.00 bits per heavy atom. The van der Waals surface area contributed by atoms with E-state index in [4.69, 9.17) is 49.9 Å². The molecule has 0 spiro atoms. The zero-order valence-corrected chi connectivity index (χ0v) is 16.9. The maximum Gasteiger partial charge on any atom is 0.504 e. The quantitative estimate of drug-likeness (QED) is 0.395. The van der Waals surface area contributed by atoms with Crippen molar-refractivity contribution in [1.82, 2.24) is 14.1 Å². The Hall–Kier alpha value is -0.753. The van der Waals surface area contributed by atoms with Crippen LogP contribution >= 0.6 is 36.7 Å². The molecule has 0 fully saturated rings. The summed E-state index contributed by atoms with van der Waals surface area (Å²) < 4.78 is 21.2. The molecule has 0 aliphatic heterocycles. The van der Waals surface area contributed by atoms with E-state index in [2.05, 4.69) is 11.6 Å². The molecule has 0 aromatic carbocycles. The molecule has 10 heteroatoms. The smallest absolute Gasteiger partial charge is 0.377 e. The van der Waals surface area contributed by atoms with Gasteiger partial charge in [-0.15, -0.1) is 6.58 Å². The van der Waals surface area contributed by atoms with Gasteiger partial charge in [-0.25, -0.2) is 0 Å². The average molecular weight is 392 g/mol. The summed E-state index contributed by atoms with van der Waals surface area (Å²) >= 11 is 16.0. The average Bonchev–Trinajstić information content (AvgIpc) is 2.54. The largest absolute Gasteiger partial charge is 0.504 e. The fraction of sp³-hybridized carbons (Fsp3) is 0.462. The number of nitrogens with one attached hydrogen (secondary N) is 1. The molecular formula is C13H21N3O3S3Si. The van der Waals surface area contributed by atoms with Crippen LogP contribution in [0.1, 0.15) is 0 Å². The molecule has 0 bridgehead atoms. The second-order valence-electron chi connectivity index (χ2n) is 4.50. The van der Waals surface area contributed by atoms with Crippen molar-refractivity contribution in [3.8, 4) is 0 Å². The van der Waals surface area contributed by atoms with Crippen LogP contribution in [0.4, 0.5) is 0 Å². The molecule has 128 valence electrons. The second kappa shape index (κ2) is 9.52. The molecule has 1 rings (SSSR count). The van der Waals surface area contributed by atoms with Crippen LogP contribution in [0.5, 0.6) is 0 Å². The van der Waals surface area contributed by atoms with E-state index in [0.29, 0.717) is 33.4 Å². The van der Waals surface area contributed by atoms with Gasteiger partial charge < -0.3 is 18.3 Å². The molecule has 0 atom stereocenters. The van der Waals surface area contributed by atoms with Gasteiger partial charge in [0.1, 0.15) is 0 Å². The van der Waals surface area contributed by atoms with Crippen molar-refractivity contribution in [3.63, 3.8) is 0 Å². The number of rotatable bonds is 9. The minimum Gasteiger partial charge on any atom is -0.377 e. The Labute approximate surface area is 152 Å². The maximum atomic E-state index is 5.45. The van der Waals surface area contributed by atoms with Gasteiger partial charge in [0.15, 0.2) is 14.3 Å². The highest BCUT2D eigenvalue weighted by molar-refractivity contribution is 7.72. The van der Waals surface area contributed by atoms with Gasteiger partial charge >= 0.3 is 8.80 Å². The van der Waals surface area contributed by atoms with E-state index in [0.717, 1.165) is 0 Å². The molecule has 0 radical (unpaired) electrons. The van der Waals surface area contributed by atoms with Crippen molar-refractivity contribution in [1.29, 1.82) is 0 Å². The molecule has 0 saturated heterocycles. The number of aromatic nitrogens is 3. The van der Waals surface area contributed by atoms with E-state index in [1.54, 1.807) is 36.5 Å². The van der Waals surface area contributed by atoms with Crippen LogP contribution < -0.4 is 0 Å². The lowest BCUT2D eigenvalue weighted by Gasteiger charge is -2.22. The summed E-state index contributed by atoms with van der Waals surface area (Å²) in [6.45, 7) is 4.75. The van der Waals surface area contributed by atoms with Gasteiger partial charge in [-0.3, -0.25) is 9.13 Å². The van der Waals surface area contributed by atoms with Gasteiger partial charge in [0.05, 0.1) is 0 Å². The van der Waals surface area contributed by atoms with Crippen LogP contribution in [-0.4, -0.2) is 44.3 Å². The third-order valence-electron chi connectivity index (χ3n) is 3.23. The third kappa shape index (κ3) is 5.11. The standard InChI is InChI=1S/C13H21N3O3S3Si/c1-5-8-15-11(20)14-12(21)16(13(15)22)9-6-7-10-23(17-2,18-3)19-4/h5-7H,1,8-10H2,2-4H3,(H,14,20,21). The minimum absolute atomic E-state index is 0.485. The summed E-state index contributed by atoms with van der Waals surface area (Å²) in [6, 6.07) is 0.562. The lowest BCUT2D eigenvalue weighted by atomic mass is 10.5. The lowest BCUT2D eigenvalue weighted by molar-refractivity contribution is 0.127. The zero-order valence-electron chi connectivity index (χ0n) is 13.4. The first-order chi connectivity index (χ1) is 10.9. The van der Waals surface area contributed by atoms with E-state index >= 15 is 0 Å². The van der Waals surface area contributed by atoms with Gasteiger partial charge in [-0.1, -0.05) is 18.2 Å². The Morgan fingerprint density at radius 2 is 1.52 bits per heavy atom. The molecule has 23 heavy (non-hydrogen) atoms. The van der Waals surface area contributed by atoms with Gasteiger partial charge in [0.2, 0.25) is 0 Å². The third-order valence-corrected chi connectivity index (χ3v) is 6.92. The summed E-state index contributed by atoms with van der Waals surface area (Å²) in [4.78, 5) is 2.97. The number of hydrogen-bond donors (Lipinski definition) is 1. The van der Waals surface area contributed by atoms with E-state index < -0.39 is 8.80 Å². The minimum atomic E-state index is -2.61. The zero-order chi connectivity index (χ0) is 17.5. The summed E-state index contributed by atoms with van der Waals surface area (Å²) in [5.74, 6) is 0. The molecule has 0 unspecified atom stereocenters. The van der Waals surface area contributed by atoms with Crippen molar-refractivity contribution in [2.24, 2.45) is 0 Å². The summed E-state index contributed by atoms with van der Waals surface area (Å²) in [5, 5.41) is 0. The number of allylic oxidation sites excluding steroid dienone is 3. The molecule has 1 aromatic rings. The molecule has 1 N–H and O–H groups in total. The molecule has 1 aromatic heterocycles. The highest BCUT2D eigenvalue weighted by Crippen LogP contribution is 2.13. The van der Waals surface area contributed by atoms with E-state index in [1.165, 1.54) is 0 Å². The summed E-state index contributed by atoms with van der Waals surface area (Å²) in [6.07, 6.45) is 5.62. The first kappa shape index (κ1) is 20.3. The topological polar surface area (TPSA) is 53.3 Å². The van der Waals surface area contributed by atoms with Gasteiger partial charge in [-0.2, -0.15) is 0 Å². The Morgan fingerprint density at radius 3 is 2.00 bits per heavy atom.